The summed E-state index contributed by atoms with van der Waals surface area (Å²) in [7, 11) is 0. The zero-order valence-electron chi connectivity index (χ0n) is 16.9. The standard InChI is InChI=1S/C28H24O2/c1-20-17-18-25-24(19-20)28(29,23-15-9-4-10-16-23)26(21-11-5-2-6-12-21)27(30-25)22-13-7-3-8-14-22/h2-19,26-27,29H,1H3/t26-,27+,28-/m1/s1. The first-order chi connectivity index (χ1) is 14.7. The topological polar surface area (TPSA) is 29.5 Å². The average Bonchev–Trinajstić information content (AvgIpc) is 2.81. The molecule has 2 heteroatoms. The van der Waals surface area contributed by atoms with E-state index in [1.165, 1.54) is 0 Å². The normalized spacial score (nSPS) is 22.7. The molecule has 0 unspecified atom stereocenters. The Morgan fingerprint density at radius 2 is 1.27 bits per heavy atom. The minimum atomic E-state index is -1.23. The lowest BCUT2D eigenvalue weighted by molar-refractivity contribution is -0.0258. The molecule has 0 fully saturated rings. The first kappa shape index (κ1) is 18.7. The summed E-state index contributed by atoms with van der Waals surface area (Å²) in [5.41, 5.74) is 3.64. The van der Waals surface area contributed by atoms with Gasteiger partial charge in [-0.3, -0.25) is 0 Å². The predicted octanol–water partition coefficient (Wildman–Crippen LogP) is 6.15. The number of aryl methyl sites for hydroxylation is 1. The monoisotopic (exact) mass is 392 g/mol. The van der Waals surface area contributed by atoms with E-state index in [0.717, 1.165) is 33.6 Å². The summed E-state index contributed by atoms with van der Waals surface area (Å²) >= 11 is 0. The highest BCUT2D eigenvalue weighted by atomic mass is 16.5. The van der Waals surface area contributed by atoms with Crippen LogP contribution in [-0.4, -0.2) is 5.11 Å². The molecule has 3 atom stereocenters. The van der Waals surface area contributed by atoms with Crippen LogP contribution in [0.3, 0.4) is 0 Å². The lowest BCUT2D eigenvalue weighted by Gasteiger charge is -2.46. The van der Waals surface area contributed by atoms with Gasteiger partial charge in [-0.15, -0.1) is 0 Å². The fraction of sp³-hybridized carbons (Fsp3) is 0.143. The second-order valence-corrected chi connectivity index (χ2v) is 7.97. The molecule has 2 nitrogen and oxygen atoms in total. The van der Waals surface area contributed by atoms with E-state index in [4.69, 9.17) is 4.74 Å². The van der Waals surface area contributed by atoms with Gasteiger partial charge in [0.1, 0.15) is 17.5 Å². The molecule has 1 aliphatic heterocycles. The van der Waals surface area contributed by atoms with E-state index < -0.39 is 5.60 Å². The highest BCUT2D eigenvalue weighted by molar-refractivity contribution is 5.53. The Labute approximate surface area is 177 Å². The van der Waals surface area contributed by atoms with Crippen molar-refractivity contribution in [2.24, 2.45) is 0 Å². The van der Waals surface area contributed by atoms with Crippen molar-refractivity contribution in [3.63, 3.8) is 0 Å². The number of hydrogen-bond donors (Lipinski definition) is 1. The van der Waals surface area contributed by atoms with Gasteiger partial charge in [-0.2, -0.15) is 0 Å². The molecule has 0 aromatic heterocycles. The van der Waals surface area contributed by atoms with Crippen LogP contribution in [0.5, 0.6) is 5.75 Å². The highest BCUT2D eigenvalue weighted by Gasteiger charge is 2.51. The van der Waals surface area contributed by atoms with Gasteiger partial charge in [0.05, 0.1) is 5.92 Å². The Kier molecular flexibility index (Phi) is 4.65. The van der Waals surface area contributed by atoms with Gasteiger partial charge < -0.3 is 9.84 Å². The van der Waals surface area contributed by atoms with Crippen molar-refractivity contribution >= 4 is 0 Å². The molecular formula is C28H24O2. The summed E-state index contributed by atoms with van der Waals surface area (Å²) in [6.07, 6.45) is -0.325. The van der Waals surface area contributed by atoms with E-state index >= 15 is 0 Å². The summed E-state index contributed by atoms with van der Waals surface area (Å²) < 4.78 is 6.60. The Hall–Kier alpha value is -3.36. The first-order valence-electron chi connectivity index (χ1n) is 10.3. The van der Waals surface area contributed by atoms with Gasteiger partial charge in [-0.05, 0) is 35.7 Å². The van der Waals surface area contributed by atoms with Crippen molar-refractivity contribution in [3.05, 3.63) is 137 Å². The van der Waals surface area contributed by atoms with E-state index in [-0.39, 0.29) is 12.0 Å². The number of ether oxygens (including phenoxy) is 1. The molecule has 0 aliphatic carbocycles. The summed E-state index contributed by atoms with van der Waals surface area (Å²) in [6, 6.07) is 36.5. The van der Waals surface area contributed by atoms with E-state index in [0.29, 0.717) is 0 Å². The van der Waals surface area contributed by atoms with Crippen LogP contribution in [0.15, 0.2) is 109 Å². The van der Waals surface area contributed by atoms with Gasteiger partial charge in [-0.25, -0.2) is 0 Å². The fourth-order valence-electron chi connectivity index (χ4n) is 4.64. The molecule has 0 spiro atoms. The lowest BCUT2D eigenvalue weighted by Crippen LogP contribution is -2.43. The van der Waals surface area contributed by atoms with Crippen LogP contribution in [0.1, 0.15) is 39.8 Å². The van der Waals surface area contributed by atoms with Gasteiger partial charge in [0.15, 0.2) is 0 Å². The Morgan fingerprint density at radius 3 is 1.90 bits per heavy atom. The SMILES string of the molecule is Cc1ccc2c(c1)[C@](O)(c1ccccc1)[C@H](c1ccccc1)[C@H](c1ccccc1)O2. The third-order valence-electron chi connectivity index (χ3n) is 6.05. The maximum absolute atomic E-state index is 12.6. The van der Waals surface area contributed by atoms with Crippen molar-refractivity contribution in [3.8, 4) is 5.75 Å². The van der Waals surface area contributed by atoms with E-state index in [9.17, 15) is 5.11 Å². The van der Waals surface area contributed by atoms with Crippen molar-refractivity contribution in [2.45, 2.75) is 24.5 Å². The lowest BCUT2D eigenvalue weighted by atomic mass is 9.67. The average molecular weight is 392 g/mol. The summed E-state index contributed by atoms with van der Waals surface area (Å²) in [4.78, 5) is 0. The Balaban J connectivity index is 1.83. The molecule has 0 saturated carbocycles. The van der Waals surface area contributed by atoms with Crippen LogP contribution < -0.4 is 4.74 Å². The Morgan fingerprint density at radius 1 is 0.700 bits per heavy atom. The largest absolute Gasteiger partial charge is 0.485 e. The molecule has 30 heavy (non-hydrogen) atoms. The number of aliphatic hydroxyl groups is 1. The van der Waals surface area contributed by atoms with Gasteiger partial charge in [0.2, 0.25) is 0 Å². The molecule has 148 valence electrons. The van der Waals surface area contributed by atoms with Crippen molar-refractivity contribution < 1.29 is 9.84 Å². The van der Waals surface area contributed by atoms with E-state index in [2.05, 4.69) is 30.3 Å². The molecule has 0 amide bonds. The van der Waals surface area contributed by atoms with Crippen molar-refractivity contribution in [2.75, 3.05) is 0 Å². The quantitative estimate of drug-likeness (QED) is 0.453. The van der Waals surface area contributed by atoms with Crippen molar-refractivity contribution in [1.29, 1.82) is 0 Å². The minimum Gasteiger partial charge on any atom is -0.485 e. The second-order valence-electron chi connectivity index (χ2n) is 7.97. The van der Waals surface area contributed by atoms with Crippen LogP contribution >= 0.6 is 0 Å². The van der Waals surface area contributed by atoms with Crippen molar-refractivity contribution in [1.82, 2.24) is 0 Å². The van der Waals surface area contributed by atoms with Crippen LogP contribution in [0.2, 0.25) is 0 Å². The Bertz CT molecular complexity index is 1140. The van der Waals surface area contributed by atoms with Crippen LogP contribution in [0.4, 0.5) is 0 Å². The van der Waals surface area contributed by atoms with E-state index in [1.807, 2.05) is 85.8 Å². The zero-order valence-corrected chi connectivity index (χ0v) is 16.9. The fourth-order valence-corrected chi connectivity index (χ4v) is 4.64. The van der Waals surface area contributed by atoms with Gasteiger partial charge in [0.25, 0.3) is 0 Å². The first-order valence-corrected chi connectivity index (χ1v) is 10.3. The number of fused-ring (bicyclic) bond motifs is 1. The van der Waals surface area contributed by atoms with Gasteiger partial charge in [0, 0.05) is 5.56 Å². The number of rotatable bonds is 3. The molecule has 1 heterocycles. The molecule has 0 radical (unpaired) electrons. The number of benzene rings is 4. The van der Waals surface area contributed by atoms with Crippen LogP contribution in [-0.2, 0) is 5.60 Å². The third-order valence-corrected chi connectivity index (χ3v) is 6.05. The molecule has 4 aromatic rings. The van der Waals surface area contributed by atoms with Gasteiger partial charge >= 0.3 is 0 Å². The molecule has 1 aliphatic rings. The minimum absolute atomic E-state index is 0.308. The predicted molar refractivity (Wildman–Crippen MR) is 120 cm³/mol. The molecule has 0 saturated heterocycles. The number of hydrogen-bond acceptors (Lipinski definition) is 2. The summed E-state index contributed by atoms with van der Waals surface area (Å²) in [5.74, 6) is 0.422. The van der Waals surface area contributed by atoms with Crippen LogP contribution in [0, 0.1) is 6.92 Å². The molecular weight excluding hydrogens is 368 g/mol. The maximum atomic E-state index is 12.6. The maximum Gasteiger partial charge on any atom is 0.134 e. The smallest absolute Gasteiger partial charge is 0.134 e. The highest BCUT2D eigenvalue weighted by Crippen LogP contribution is 2.56. The summed E-state index contributed by atoms with van der Waals surface area (Å²) in [6.45, 7) is 2.05. The molecule has 0 bridgehead atoms. The summed E-state index contributed by atoms with van der Waals surface area (Å²) in [5, 5.41) is 12.6. The van der Waals surface area contributed by atoms with E-state index in [1.54, 1.807) is 0 Å². The molecule has 5 rings (SSSR count). The van der Waals surface area contributed by atoms with Crippen LogP contribution in [0.25, 0.3) is 0 Å². The third kappa shape index (κ3) is 3.01. The van der Waals surface area contributed by atoms with Gasteiger partial charge in [-0.1, -0.05) is 103 Å². The molecule has 4 aromatic carbocycles. The molecule has 1 N–H and O–H groups in total. The second kappa shape index (κ2) is 7.47. The zero-order chi connectivity index (χ0) is 20.6.